The average Bonchev–Trinajstić information content (AvgIpc) is 3.17. The molecule has 122 valence electrons. The summed E-state index contributed by atoms with van der Waals surface area (Å²) in [6.45, 7) is 0.675. The first-order valence-corrected chi connectivity index (χ1v) is 9.62. The first-order chi connectivity index (χ1) is 11.5. The summed E-state index contributed by atoms with van der Waals surface area (Å²) in [5.41, 5.74) is 0.141. The highest BCUT2D eigenvalue weighted by atomic mass is 35.5. The van der Waals surface area contributed by atoms with Crippen molar-refractivity contribution in [3.05, 3.63) is 59.4 Å². The van der Waals surface area contributed by atoms with Crippen LogP contribution in [0.5, 0.6) is 0 Å². The highest BCUT2D eigenvalue weighted by Gasteiger charge is 2.66. The van der Waals surface area contributed by atoms with Gasteiger partial charge in [0.15, 0.2) is 9.84 Å². The van der Waals surface area contributed by atoms with Crippen LogP contribution in [0.2, 0.25) is 5.02 Å². The van der Waals surface area contributed by atoms with Gasteiger partial charge in [-0.25, -0.2) is 13.4 Å². The molecule has 2 aliphatic rings. The standard InChI is InChI=1S/C18H15ClN2O2S/c19-14-4-6-16(7-5-14)24(22,23)17-18(11-13(18)12-21-17)9-8-15-3-1-2-10-20-15/h1-7,10,13,17,21H,11-12H2. The lowest BCUT2D eigenvalue weighted by molar-refractivity contribution is 0.527. The van der Waals surface area contributed by atoms with Gasteiger partial charge in [0, 0.05) is 17.8 Å². The van der Waals surface area contributed by atoms with Crippen molar-refractivity contribution >= 4 is 21.4 Å². The molecule has 3 atom stereocenters. The molecule has 1 aliphatic carbocycles. The van der Waals surface area contributed by atoms with E-state index in [1.165, 1.54) is 0 Å². The van der Waals surface area contributed by atoms with Crippen molar-refractivity contribution in [2.24, 2.45) is 11.3 Å². The van der Waals surface area contributed by atoms with Gasteiger partial charge in [0.2, 0.25) is 0 Å². The molecule has 0 amide bonds. The molecule has 1 saturated heterocycles. The summed E-state index contributed by atoms with van der Waals surface area (Å²) in [6, 6.07) is 11.8. The van der Waals surface area contributed by atoms with Crippen LogP contribution in [-0.2, 0) is 9.84 Å². The van der Waals surface area contributed by atoms with Crippen LogP contribution in [0.15, 0.2) is 53.6 Å². The molecule has 4 rings (SSSR count). The Bertz CT molecular complexity index is 932. The van der Waals surface area contributed by atoms with E-state index in [9.17, 15) is 8.42 Å². The normalized spacial score (nSPS) is 27.9. The molecule has 1 aliphatic heterocycles. The number of hydrogen-bond donors (Lipinski definition) is 1. The summed E-state index contributed by atoms with van der Waals surface area (Å²) in [6.07, 6.45) is 2.48. The van der Waals surface area contributed by atoms with Crippen molar-refractivity contribution < 1.29 is 8.42 Å². The predicted molar refractivity (Wildman–Crippen MR) is 92.1 cm³/mol. The molecule has 2 aromatic rings. The number of nitrogens with zero attached hydrogens (tertiary/aromatic N) is 1. The van der Waals surface area contributed by atoms with Crippen molar-refractivity contribution in [3.63, 3.8) is 0 Å². The van der Waals surface area contributed by atoms with Crippen LogP contribution in [0.1, 0.15) is 12.1 Å². The Morgan fingerprint density at radius 3 is 2.67 bits per heavy atom. The molecule has 0 bridgehead atoms. The van der Waals surface area contributed by atoms with Crippen molar-refractivity contribution in [2.45, 2.75) is 16.7 Å². The summed E-state index contributed by atoms with van der Waals surface area (Å²) >= 11 is 5.86. The Hall–Kier alpha value is -1.87. The SMILES string of the molecule is O=S(=O)(c1ccc(Cl)cc1)C1NCC2CC21C#Cc1ccccn1. The van der Waals surface area contributed by atoms with E-state index in [2.05, 4.69) is 22.1 Å². The predicted octanol–water partition coefficient (Wildman–Crippen LogP) is 2.50. The number of nitrogens with one attached hydrogen (secondary N) is 1. The van der Waals surface area contributed by atoms with Crippen molar-refractivity contribution in [3.8, 4) is 11.8 Å². The van der Waals surface area contributed by atoms with E-state index in [4.69, 9.17) is 11.6 Å². The highest BCUT2D eigenvalue weighted by molar-refractivity contribution is 7.92. The van der Waals surface area contributed by atoms with Crippen molar-refractivity contribution in [1.29, 1.82) is 0 Å². The fraction of sp³-hybridized carbons (Fsp3) is 0.278. The summed E-state index contributed by atoms with van der Waals surface area (Å²) in [5.74, 6) is 6.53. The summed E-state index contributed by atoms with van der Waals surface area (Å²) in [7, 11) is -3.52. The number of piperidine rings is 1. The van der Waals surface area contributed by atoms with Gasteiger partial charge in [-0.05, 0) is 54.7 Å². The minimum Gasteiger partial charge on any atom is -0.299 e. The smallest absolute Gasteiger partial charge is 0.195 e. The fourth-order valence-electron chi connectivity index (χ4n) is 3.34. The van der Waals surface area contributed by atoms with Gasteiger partial charge in [0.25, 0.3) is 0 Å². The number of pyridine rings is 1. The summed E-state index contributed by atoms with van der Waals surface area (Å²) < 4.78 is 26.0. The van der Waals surface area contributed by atoms with E-state index in [1.807, 2.05) is 18.2 Å². The lowest BCUT2D eigenvalue weighted by Crippen LogP contribution is -2.39. The third-order valence-corrected chi connectivity index (χ3v) is 7.10. The first-order valence-electron chi connectivity index (χ1n) is 7.69. The van der Waals surface area contributed by atoms with Crippen molar-refractivity contribution in [2.75, 3.05) is 6.54 Å². The Labute approximate surface area is 146 Å². The van der Waals surface area contributed by atoms with Crippen LogP contribution in [-0.4, -0.2) is 25.3 Å². The Kier molecular flexibility index (Phi) is 3.65. The molecule has 6 heteroatoms. The molecule has 1 aromatic heterocycles. The lowest BCUT2D eigenvalue weighted by Gasteiger charge is -2.19. The largest absolute Gasteiger partial charge is 0.299 e. The number of hydrogen-bond acceptors (Lipinski definition) is 4. The summed E-state index contributed by atoms with van der Waals surface area (Å²) in [5, 5.41) is 2.97. The average molecular weight is 359 g/mol. The molecule has 1 aromatic carbocycles. The maximum absolute atomic E-state index is 13.0. The van der Waals surface area contributed by atoms with Gasteiger partial charge in [0.05, 0.1) is 10.3 Å². The number of fused-ring (bicyclic) bond motifs is 1. The Morgan fingerprint density at radius 2 is 2.00 bits per heavy atom. The lowest BCUT2D eigenvalue weighted by atomic mass is 10.1. The third kappa shape index (κ3) is 2.51. The van der Waals surface area contributed by atoms with Gasteiger partial charge in [-0.3, -0.25) is 5.32 Å². The fourth-order valence-corrected chi connectivity index (χ4v) is 5.47. The van der Waals surface area contributed by atoms with Gasteiger partial charge in [-0.15, -0.1) is 0 Å². The van der Waals surface area contributed by atoms with Crippen LogP contribution < -0.4 is 5.32 Å². The molecule has 0 radical (unpaired) electrons. The van der Waals surface area contributed by atoms with Crippen LogP contribution in [0.3, 0.4) is 0 Å². The molecule has 4 nitrogen and oxygen atoms in total. The molecular formula is C18H15ClN2O2S. The molecule has 2 fully saturated rings. The van der Waals surface area contributed by atoms with Crippen LogP contribution >= 0.6 is 11.6 Å². The van der Waals surface area contributed by atoms with Gasteiger partial charge in [-0.1, -0.05) is 23.6 Å². The second kappa shape index (κ2) is 5.59. The van der Waals surface area contributed by atoms with Crippen molar-refractivity contribution in [1.82, 2.24) is 10.3 Å². The second-order valence-electron chi connectivity index (χ2n) is 6.19. The van der Waals surface area contributed by atoms with Gasteiger partial charge >= 0.3 is 0 Å². The highest BCUT2D eigenvalue weighted by Crippen LogP contribution is 2.59. The van der Waals surface area contributed by atoms with E-state index in [0.717, 1.165) is 6.42 Å². The topological polar surface area (TPSA) is 59.1 Å². The first kappa shape index (κ1) is 15.6. The minimum atomic E-state index is -3.52. The number of benzene rings is 1. The quantitative estimate of drug-likeness (QED) is 0.838. The molecular weight excluding hydrogens is 344 g/mol. The van der Waals surface area contributed by atoms with Gasteiger partial charge in [-0.2, -0.15) is 0 Å². The van der Waals surface area contributed by atoms with E-state index in [-0.39, 0.29) is 10.8 Å². The maximum atomic E-state index is 13.0. The monoisotopic (exact) mass is 358 g/mol. The number of aromatic nitrogens is 1. The van der Waals surface area contributed by atoms with Crippen LogP contribution in [0.25, 0.3) is 0 Å². The molecule has 24 heavy (non-hydrogen) atoms. The Balaban J connectivity index is 1.69. The molecule has 2 heterocycles. The third-order valence-electron chi connectivity index (χ3n) is 4.71. The van der Waals surface area contributed by atoms with Crippen LogP contribution in [0.4, 0.5) is 0 Å². The minimum absolute atomic E-state index is 0.274. The van der Waals surface area contributed by atoms with E-state index in [0.29, 0.717) is 17.3 Å². The van der Waals surface area contributed by atoms with Crippen LogP contribution in [0, 0.1) is 23.2 Å². The van der Waals surface area contributed by atoms with E-state index >= 15 is 0 Å². The number of halogens is 1. The van der Waals surface area contributed by atoms with E-state index < -0.39 is 20.6 Å². The maximum Gasteiger partial charge on any atom is 0.195 e. The zero-order valence-electron chi connectivity index (χ0n) is 12.7. The zero-order chi connectivity index (χ0) is 16.8. The van der Waals surface area contributed by atoms with Gasteiger partial charge in [0.1, 0.15) is 11.1 Å². The molecule has 3 unspecified atom stereocenters. The molecule has 1 N–H and O–H groups in total. The number of sulfone groups is 1. The number of rotatable bonds is 2. The second-order valence-corrected chi connectivity index (χ2v) is 8.66. The molecule has 1 saturated carbocycles. The van der Waals surface area contributed by atoms with Gasteiger partial charge < -0.3 is 0 Å². The zero-order valence-corrected chi connectivity index (χ0v) is 14.3. The Morgan fingerprint density at radius 1 is 1.21 bits per heavy atom. The van der Waals surface area contributed by atoms with E-state index in [1.54, 1.807) is 30.5 Å². The summed E-state index contributed by atoms with van der Waals surface area (Å²) in [4.78, 5) is 4.46. The molecule has 0 spiro atoms.